The number of fused-ring (bicyclic) bond motifs is 3. The number of hydrogen-bond acceptors (Lipinski definition) is 9. The second-order valence-electron chi connectivity index (χ2n) is 10.3. The molecule has 0 radical (unpaired) electrons. The molecule has 7 N–H and O–H groups in total. The van der Waals surface area contributed by atoms with Crippen LogP contribution in [0.2, 0.25) is 0 Å². The molecule has 3 aromatic heterocycles. The zero-order valence-corrected chi connectivity index (χ0v) is 21.8. The van der Waals surface area contributed by atoms with Crippen LogP contribution in [0.4, 0.5) is 33.6 Å². The summed E-state index contributed by atoms with van der Waals surface area (Å²) in [5, 5.41) is 30.3. The highest BCUT2D eigenvalue weighted by molar-refractivity contribution is 5.87. The normalized spacial score (nSPS) is 25.4. The molecule has 6 rings (SSSR count). The van der Waals surface area contributed by atoms with E-state index in [1.54, 1.807) is 13.0 Å². The van der Waals surface area contributed by atoms with Crippen molar-refractivity contribution in [3.63, 3.8) is 0 Å². The Bertz CT molecular complexity index is 1700. The van der Waals surface area contributed by atoms with Crippen LogP contribution in [-0.4, -0.2) is 64.8 Å². The molecule has 11 nitrogen and oxygen atoms in total. The first-order valence-electron chi connectivity index (χ1n) is 12.6. The van der Waals surface area contributed by atoms with Gasteiger partial charge in [-0.2, -0.15) is 13.2 Å². The minimum atomic E-state index is -5.08. The number of aromatic nitrogens is 4. The fraction of sp³-hybridized carbons (Fsp3) is 0.385. The first kappa shape index (κ1) is 29.3. The Labute approximate surface area is 233 Å². The molecule has 1 saturated heterocycles. The van der Waals surface area contributed by atoms with Crippen molar-refractivity contribution >= 4 is 39.5 Å². The van der Waals surface area contributed by atoms with Crippen LogP contribution in [0.15, 0.2) is 30.5 Å². The van der Waals surface area contributed by atoms with E-state index in [1.165, 1.54) is 16.8 Å². The largest absolute Gasteiger partial charge is 0.490 e. The molecule has 42 heavy (non-hydrogen) atoms. The van der Waals surface area contributed by atoms with E-state index in [9.17, 15) is 32.2 Å². The summed E-state index contributed by atoms with van der Waals surface area (Å²) in [5.74, 6) is -3.89. The van der Waals surface area contributed by atoms with Crippen molar-refractivity contribution in [2.45, 2.75) is 56.4 Å². The predicted octanol–water partition coefficient (Wildman–Crippen LogP) is 3.01. The summed E-state index contributed by atoms with van der Waals surface area (Å²) >= 11 is 0. The number of carbonyl (C=O) groups is 1. The molecule has 5 atom stereocenters. The highest BCUT2D eigenvalue weighted by Gasteiger charge is 2.61. The zero-order valence-electron chi connectivity index (χ0n) is 21.8. The molecule has 1 aliphatic heterocycles. The molecule has 1 aromatic carbocycles. The average Bonchev–Trinajstić information content (AvgIpc) is 3.48. The van der Waals surface area contributed by atoms with Crippen molar-refractivity contribution in [1.29, 1.82) is 0 Å². The minimum Gasteiger partial charge on any atom is -0.475 e. The van der Waals surface area contributed by atoms with Gasteiger partial charge in [0, 0.05) is 11.6 Å². The number of aliphatic hydroxyl groups excluding tert-OH is 1. The van der Waals surface area contributed by atoms with Crippen molar-refractivity contribution in [2.24, 2.45) is 5.92 Å². The first-order valence-corrected chi connectivity index (χ1v) is 12.6. The van der Waals surface area contributed by atoms with Gasteiger partial charge in [-0.1, -0.05) is 12.1 Å². The third-order valence-electron chi connectivity index (χ3n) is 7.55. The van der Waals surface area contributed by atoms with Crippen LogP contribution < -0.4 is 11.5 Å². The highest BCUT2D eigenvalue weighted by atomic mass is 19.4. The smallest absolute Gasteiger partial charge is 0.475 e. The fourth-order valence-electron chi connectivity index (χ4n) is 5.63. The molecular weight excluding hydrogens is 571 g/mol. The number of nitrogen functional groups attached to an aromatic ring is 2. The standard InChI is InChI=1S/C24H24F2N6O3.C2HF3O2/c1-10-29-21(28)17-15(26)9-32(22(17)30-10)23-18(33)24(34)5-4-13(19(24)35-23)6-11-2-3-12-8-14(25)20(27)31-16(12)7-11;3-2(4,5)1(6)7/h2-3,7-9,13,18-19,23,33-34H,4-6H2,1H3,(H2,27,31)(H2,28,29,30);(H,6,7)/t13-,18-,19+,23+,24-;/m0./s1. The molecule has 1 aliphatic carbocycles. The third-order valence-corrected chi connectivity index (χ3v) is 7.55. The number of carboxylic acid groups (broad SMARTS) is 1. The van der Waals surface area contributed by atoms with E-state index in [0.29, 0.717) is 36.0 Å². The zero-order chi connectivity index (χ0) is 30.7. The molecular formula is C26H25F5N6O5. The Kier molecular flexibility index (Phi) is 7.19. The minimum absolute atomic E-state index is 0.00143. The highest BCUT2D eigenvalue weighted by Crippen LogP contribution is 2.51. The van der Waals surface area contributed by atoms with Crippen LogP contribution >= 0.6 is 0 Å². The molecule has 2 aliphatic rings. The third kappa shape index (κ3) is 5.05. The van der Waals surface area contributed by atoms with E-state index in [1.807, 2.05) is 12.1 Å². The van der Waals surface area contributed by atoms with Crippen LogP contribution in [0.25, 0.3) is 21.9 Å². The van der Waals surface area contributed by atoms with Gasteiger partial charge in [0.05, 0.1) is 17.0 Å². The number of nitrogens with zero attached hydrogens (tertiary/aromatic N) is 4. The summed E-state index contributed by atoms with van der Waals surface area (Å²) in [4.78, 5) is 21.3. The average molecular weight is 597 g/mol. The maximum absolute atomic E-state index is 14.7. The Morgan fingerprint density at radius 2 is 1.83 bits per heavy atom. The predicted molar refractivity (Wildman–Crippen MR) is 138 cm³/mol. The molecule has 1 saturated carbocycles. The summed E-state index contributed by atoms with van der Waals surface area (Å²) in [7, 11) is 0. The second kappa shape index (κ2) is 10.3. The van der Waals surface area contributed by atoms with Gasteiger partial charge in [-0.15, -0.1) is 0 Å². The molecule has 0 bridgehead atoms. The van der Waals surface area contributed by atoms with E-state index in [4.69, 9.17) is 26.1 Å². The first-order chi connectivity index (χ1) is 19.6. The van der Waals surface area contributed by atoms with Crippen molar-refractivity contribution < 1.29 is 46.8 Å². The summed E-state index contributed by atoms with van der Waals surface area (Å²) in [5.41, 5.74) is 11.7. The van der Waals surface area contributed by atoms with Crippen LogP contribution in [-0.2, 0) is 16.0 Å². The Balaban J connectivity index is 0.000000451. The van der Waals surface area contributed by atoms with Gasteiger partial charge >= 0.3 is 12.1 Å². The van der Waals surface area contributed by atoms with Crippen LogP contribution in [0.5, 0.6) is 0 Å². The lowest BCUT2D eigenvalue weighted by Crippen LogP contribution is -2.45. The lowest BCUT2D eigenvalue weighted by Gasteiger charge is -2.26. The van der Waals surface area contributed by atoms with E-state index in [-0.39, 0.29) is 28.6 Å². The molecule has 2 fully saturated rings. The van der Waals surface area contributed by atoms with Crippen LogP contribution in [0.1, 0.15) is 30.5 Å². The van der Waals surface area contributed by atoms with Gasteiger partial charge in [-0.25, -0.2) is 28.5 Å². The number of aliphatic hydroxyl groups is 2. The van der Waals surface area contributed by atoms with Crippen molar-refractivity contribution in [3.05, 3.63) is 53.5 Å². The van der Waals surface area contributed by atoms with Gasteiger partial charge in [0.15, 0.2) is 29.3 Å². The van der Waals surface area contributed by atoms with Crippen LogP contribution in [0, 0.1) is 24.5 Å². The van der Waals surface area contributed by atoms with Crippen molar-refractivity contribution in [2.75, 3.05) is 11.5 Å². The molecule has 0 amide bonds. The maximum Gasteiger partial charge on any atom is 0.490 e. The van der Waals surface area contributed by atoms with Gasteiger partial charge in [0.25, 0.3) is 0 Å². The summed E-state index contributed by atoms with van der Waals surface area (Å²) in [6.07, 6.45) is -5.47. The SMILES string of the molecule is Cc1nc(N)c2c(F)cn([C@@H]3O[C@@H]4[C@H](Cc5ccc6cc(F)c(N)nc6c5)CC[C@]4(O)[C@H]3O)c2n1.O=C(O)C(F)(F)F. The number of anilines is 2. The number of aryl methyl sites for hydroxylation is 1. The van der Waals surface area contributed by atoms with Crippen LogP contribution in [0.3, 0.4) is 0 Å². The van der Waals surface area contributed by atoms with Gasteiger partial charge in [0.1, 0.15) is 23.3 Å². The van der Waals surface area contributed by atoms with Gasteiger partial charge < -0.3 is 36.1 Å². The lowest BCUT2D eigenvalue weighted by atomic mass is 9.90. The number of alkyl halides is 3. The number of aliphatic carboxylic acids is 1. The molecule has 16 heteroatoms. The van der Waals surface area contributed by atoms with E-state index >= 15 is 0 Å². The number of carboxylic acids is 1. The quantitative estimate of drug-likeness (QED) is 0.221. The summed E-state index contributed by atoms with van der Waals surface area (Å²) in [6.45, 7) is 1.63. The second-order valence-corrected chi connectivity index (χ2v) is 10.3. The van der Waals surface area contributed by atoms with E-state index in [0.717, 1.165) is 5.56 Å². The fourth-order valence-corrected chi connectivity index (χ4v) is 5.63. The number of halogens is 5. The van der Waals surface area contributed by atoms with Crippen molar-refractivity contribution in [1.82, 2.24) is 19.5 Å². The molecule has 0 spiro atoms. The number of benzene rings is 1. The lowest BCUT2D eigenvalue weighted by molar-refractivity contribution is -0.192. The number of hydrogen-bond donors (Lipinski definition) is 5. The van der Waals surface area contributed by atoms with Gasteiger partial charge in [-0.3, -0.25) is 0 Å². The topological polar surface area (TPSA) is 183 Å². The summed E-state index contributed by atoms with van der Waals surface area (Å²) in [6, 6.07) is 6.82. The number of ether oxygens (including phenoxy) is 1. The number of rotatable bonds is 3. The van der Waals surface area contributed by atoms with E-state index < -0.39 is 47.8 Å². The molecule has 0 unspecified atom stereocenters. The number of nitrogens with two attached hydrogens (primary N) is 2. The Morgan fingerprint density at radius 1 is 1.14 bits per heavy atom. The molecule has 224 valence electrons. The monoisotopic (exact) mass is 596 g/mol. The van der Waals surface area contributed by atoms with Gasteiger partial charge in [-0.05, 0) is 49.8 Å². The molecule has 4 aromatic rings. The Morgan fingerprint density at radius 3 is 2.50 bits per heavy atom. The maximum atomic E-state index is 14.7. The molecule has 4 heterocycles. The number of pyridine rings is 1. The van der Waals surface area contributed by atoms with Crippen molar-refractivity contribution in [3.8, 4) is 0 Å². The summed E-state index contributed by atoms with van der Waals surface area (Å²) < 4.78 is 67.7. The van der Waals surface area contributed by atoms with E-state index in [2.05, 4.69) is 15.0 Å². The van der Waals surface area contributed by atoms with Gasteiger partial charge in [0.2, 0.25) is 0 Å². The Hall–Kier alpha value is -4.15.